The topological polar surface area (TPSA) is 94.2 Å². The smallest absolute Gasteiger partial charge is 0.269 e. The highest BCUT2D eigenvalue weighted by Crippen LogP contribution is 2.37. The molecule has 0 unspecified atom stereocenters. The number of primary amides is 1. The average molecular weight is 400 g/mol. The molecule has 0 fully saturated rings. The van der Waals surface area contributed by atoms with E-state index in [4.69, 9.17) is 28.9 Å². The van der Waals surface area contributed by atoms with Gasteiger partial charge < -0.3 is 15.6 Å². The first kappa shape index (κ1) is 18.0. The summed E-state index contributed by atoms with van der Waals surface area (Å²) in [6.45, 7) is -0.264. The van der Waals surface area contributed by atoms with E-state index >= 15 is 0 Å². The molecule has 0 atom stereocenters. The number of nitrogens with one attached hydrogen (secondary N) is 1. The maximum Gasteiger partial charge on any atom is 0.269 e. The van der Waals surface area contributed by atoms with E-state index in [-0.39, 0.29) is 16.6 Å². The summed E-state index contributed by atoms with van der Waals surface area (Å²) in [5.74, 6) is -1.01. The SMILES string of the molecule is NC(=O)c1c(NC(=O)Cn2cc(Cl)cc(Cl)c2=O)sc2c1CCCC2. The standard InChI is InChI=1S/C16H15Cl2N3O3S/c17-8-5-10(18)16(24)21(6-8)7-12(22)20-15-13(14(19)23)9-3-1-2-4-11(9)25-15/h5-6H,1-4,7H2,(H2,19,23)(H,20,22). The highest BCUT2D eigenvalue weighted by atomic mass is 35.5. The van der Waals surface area contributed by atoms with Gasteiger partial charge in [-0.15, -0.1) is 11.3 Å². The molecule has 2 aromatic heterocycles. The van der Waals surface area contributed by atoms with E-state index < -0.39 is 17.4 Å². The lowest BCUT2D eigenvalue weighted by molar-refractivity contribution is -0.116. The van der Waals surface area contributed by atoms with Crippen molar-refractivity contribution in [1.29, 1.82) is 0 Å². The van der Waals surface area contributed by atoms with Gasteiger partial charge in [0.1, 0.15) is 16.6 Å². The Morgan fingerprint density at radius 2 is 2.00 bits per heavy atom. The number of nitrogens with two attached hydrogens (primary N) is 1. The molecule has 6 nitrogen and oxygen atoms in total. The third-order valence-electron chi connectivity index (χ3n) is 3.99. The monoisotopic (exact) mass is 399 g/mol. The molecule has 0 bridgehead atoms. The van der Waals surface area contributed by atoms with Gasteiger partial charge in [-0.05, 0) is 37.3 Å². The summed E-state index contributed by atoms with van der Waals surface area (Å²) in [7, 11) is 0. The lowest BCUT2D eigenvalue weighted by Crippen LogP contribution is -2.28. The fourth-order valence-corrected chi connectivity index (χ4v) is 4.74. The number of anilines is 1. The molecule has 0 saturated carbocycles. The quantitative estimate of drug-likeness (QED) is 0.827. The van der Waals surface area contributed by atoms with Crippen LogP contribution in [0.5, 0.6) is 0 Å². The van der Waals surface area contributed by atoms with E-state index in [0.717, 1.165) is 40.7 Å². The van der Waals surface area contributed by atoms with Gasteiger partial charge in [0, 0.05) is 11.1 Å². The van der Waals surface area contributed by atoms with Crippen molar-refractivity contribution in [2.75, 3.05) is 5.32 Å². The second-order valence-corrected chi connectivity index (χ2v) is 7.72. The first-order valence-electron chi connectivity index (χ1n) is 7.66. The molecule has 132 valence electrons. The molecule has 1 aliphatic carbocycles. The molecule has 2 amide bonds. The molecule has 2 heterocycles. The molecule has 2 aromatic rings. The van der Waals surface area contributed by atoms with Crippen LogP contribution in [0.1, 0.15) is 33.6 Å². The summed E-state index contributed by atoms with van der Waals surface area (Å²) in [5.41, 5.74) is 6.30. The Bertz CT molecular complexity index is 920. The third-order valence-corrected chi connectivity index (χ3v) is 5.68. The molecule has 0 aliphatic heterocycles. The number of amides is 2. The summed E-state index contributed by atoms with van der Waals surface area (Å²) < 4.78 is 1.12. The molecular weight excluding hydrogens is 385 g/mol. The van der Waals surface area contributed by atoms with Crippen molar-refractivity contribution >= 4 is 51.4 Å². The van der Waals surface area contributed by atoms with E-state index in [0.29, 0.717) is 10.6 Å². The van der Waals surface area contributed by atoms with Crippen LogP contribution in [0.3, 0.4) is 0 Å². The van der Waals surface area contributed by atoms with Gasteiger partial charge in [0.15, 0.2) is 0 Å². The summed E-state index contributed by atoms with van der Waals surface area (Å²) in [5, 5.41) is 3.32. The number of aromatic nitrogens is 1. The van der Waals surface area contributed by atoms with E-state index in [1.54, 1.807) is 0 Å². The van der Waals surface area contributed by atoms with Gasteiger partial charge in [-0.1, -0.05) is 23.2 Å². The molecule has 0 saturated heterocycles. The number of pyridine rings is 1. The van der Waals surface area contributed by atoms with Crippen LogP contribution >= 0.6 is 34.5 Å². The molecule has 0 radical (unpaired) electrons. The molecule has 25 heavy (non-hydrogen) atoms. The van der Waals surface area contributed by atoms with Crippen molar-refractivity contribution in [3.05, 3.63) is 48.7 Å². The van der Waals surface area contributed by atoms with Gasteiger partial charge in [0.25, 0.3) is 11.5 Å². The molecule has 0 aromatic carbocycles. The largest absolute Gasteiger partial charge is 0.365 e. The highest BCUT2D eigenvalue weighted by molar-refractivity contribution is 7.17. The number of halogens is 2. The average Bonchev–Trinajstić information content (AvgIpc) is 2.89. The number of aryl methyl sites for hydroxylation is 1. The van der Waals surface area contributed by atoms with Crippen molar-refractivity contribution in [2.24, 2.45) is 5.73 Å². The second kappa shape index (κ2) is 7.19. The molecule has 0 spiro atoms. The van der Waals surface area contributed by atoms with Gasteiger partial charge in [-0.2, -0.15) is 0 Å². The van der Waals surface area contributed by atoms with Crippen molar-refractivity contribution in [3.63, 3.8) is 0 Å². The Balaban J connectivity index is 1.86. The fourth-order valence-electron chi connectivity index (χ4n) is 2.92. The van der Waals surface area contributed by atoms with Crippen LogP contribution in [0.15, 0.2) is 17.1 Å². The number of rotatable bonds is 4. The van der Waals surface area contributed by atoms with Gasteiger partial charge in [-0.3, -0.25) is 14.4 Å². The van der Waals surface area contributed by atoms with Crippen LogP contribution in [-0.2, 0) is 24.2 Å². The van der Waals surface area contributed by atoms with Crippen LogP contribution in [0.2, 0.25) is 10.0 Å². The van der Waals surface area contributed by atoms with Crippen molar-refractivity contribution < 1.29 is 9.59 Å². The third kappa shape index (κ3) is 3.73. The Morgan fingerprint density at radius 1 is 1.28 bits per heavy atom. The minimum absolute atomic E-state index is 0.0651. The Hall–Kier alpha value is -1.83. The zero-order valence-corrected chi connectivity index (χ0v) is 15.4. The van der Waals surface area contributed by atoms with Crippen LogP contribution < -0.4 is 16.6 Å². The number of thiophene rings is 1. The highest BCUT2D eigenvalue weighted by Gasteiger charge is 2.25. The molecule has 1 aliphatic rings. The van der Waals surface area contributed by atoms with Crippen molar-refractivity contribution in [1.82, 2.24) is 4.57 Å². The lowest BCUT2D eigenvalue weighted by atomic mass is 9.95. The van der Waals surface area contributed by atoms with Crippen molar-refractivity contribution in [2.45, 2.75) is 32.2 Å². The summed E-state index contributed by atoms with van der Waals surface area (Å²) in [6, 6.07) is 1.32. The van der Waals surface area contributed by atoms with Crippen LogP contribution in [0, 0.1) is 0 Å². The Labute approximate surface area is 157 Å². The summed E-state index contributed by atoms with van der Waals surface area (Å²) >= 11 is 13.0. The van der Waals surface area contributed by atoms with Gasteiger partial charge >= 0.3 is 0 Å². The van der Waals surface area contributed by atoms with E-state index in [9.17, 15) is 14.4 Å². The van der Waals surface area contributed by atoms with Gasteiger partial charge in [0.05, 0.1) is 10.6 Å². The maximum absolute atomic E-state index is 12.3. The number of carbonyl (C=O) groups is 2. The predicted octanol–water partition coefficient (Wildman–Crippen LogP) is 2.83. The number of fused-ring (bicyclic) bond motifs is 1. The number of hydrogen-bond donors (Lipinski definition) is 2. The molecule has 3 N–H and O–H groups in total. The molecule has 9 heteroatoms. The minimum Gasteiger partial charge on any atom is -0.365 e. The molecule has 3 rings (SSSR count). The summed E-state index contributed by atoms with van der Waals surface area (Å²) in [4.78, 5) is 37.2. The minimum atomic E-state index is -0.558. The summed E-state index contributed by atoms with van der Waals surface area (Å²) in [6.07, 6.45) is 5.04. The van der Waals surface area contributed by atoms with Gasteiger partial charge in [0.2, 0.25) is 5.91 Å². The number of hydrogen-bond acceptors (Lipinski definition) is 4. The maximum atomic E-state index is 12.3. The predicted molar refractivity (Wildman–Crippen MR) is 98.8 cm³/mol. The van der Waals surface area contributed by atoms with E-state index in [2.05, 4.69) is 5.32 Å². The fraction of sp³-hybridized carbons (Fsp3) is 0.312. The number of nitrogens with zero attached hydrogens (tertiary/aromatic N) is 1. The first-order chi connectivity index (χ1) is 11.9. The van der Waals surface area contributed by atoms with Gasteiger partial charge in [-0.25, -0.2) is 0 Å². The Kier molecular flexibility index (Phi) is 5.17. The van der Waals surface area contributed by atoms with Crippen molar-refractivity contribution in [3.8, 4) is 0 Å². The second-order valence-electron chi connectivity index (χ2n) is 5.77. The zero-order valence-electron chi connectivity index (χ0n) is 13.1. The number of carbonyl (C=O) groups excluding carboxylic acids is 2. The Morgan fingerprint density at radius 3 is 2.72 bits per heavy atom. The first-order valence-corrected chi connectivity index (χ1v) is 9.23. The van der Waals surface area contributed by atoms with Crippen LogP contribution in [0.25, 0.3) is 0 Å². The van der Waals surface area contributed by atoms with E-state index in [1.165, 1.54) is 23.6 Å². The van der Waals surface area contributed by atoms with Crippen LogP contribution in [-0.4, -0.2) is 16.4 Å². The zero-order chi connectivity index (χ0) is 18.1. The lowest BCUT2D eigenvalue weighted by Gasteiger charge is -2.11. The van der Waals surface area contributed by atoms with Crippen LogP contribution in [0.4, 0.5) is 5.00 Å². The normalized spacial score (nSPS) is 13.4. The molecular formula is C16H15Cl2N3O3S. The van der Waals surface area contributed by atoms with E-state index in [1.807, 2.05) is 0 Å².